The molecule has 1 aromatic heterocycles. The van der Waals surface area contributed by atoms with Gasteiger partial charge in [0.25, 0.3) is 0 Å². The fourth-order valence-electron chi connectivity index (χ4n) is 3.31. The minimum atomic E-state index is 0. The number of fused-ring (bicyclic) bond motifs is 5. The molecule has 0 bridgehead atoms. The number of aromatic nitrogens is 1. The van der Waals surface area contributed by atoms with Gasteiger partial charge in [-0.25, -0.2) is 4.98 Å². The molecule has 4 rings (SSSR count). The van der Waals surface area contributed by atoms with E-state index in [2.05, 4.69) is 15.2 Å². The molecule has 0 unspecified atom stereocenters. The number of phenolic OH excluding ortho intramolecular Hbond substituents is 1. The van der Waals surface area contributed by atoms with Crippen molar-refractivity contribution in [3.63, 3.8) is 0 Å². The van der Waals surface area contributed by atoms with Crippen LogP contribution in [0.25, 0.3) is 22.0 Å². The number of likely N-dealkylation sites (N-methyl/N-ethyl adjacent to an activating group) is 1. The first-order chi connectivity index (χ1) is 12.1. The number of hydrogen-bond acceptors (Lipinski definition) is 5. The summed E-state index contributed by atoms with van der Waals surface area (Å²) in [7, 11) is 4.00. The van der Waals surface area contributed by atoms with Crippen LogP contribution in [0.5, 0.6) is 5.75 Å². The van der Waals surface area contributed by atoms with Gasteiger partial charge in [-0.1, -0.05) is 24.3 Å². The SMILES string of the molecule is CN(C)CCNc1nc2cc(O)ccc2c2c1C(=O)c1ccccc1-2.Cl. The summed E-state index contributed by atoms with van der Waals surface area (Å²) in [5.74, 6) is 0.744. The Hall–Kier alpha value is -2.63. The highest BCUT2D eigenvalue weighted by atomic mass is 35.5. The quantitative estimate of drug-likeness (QED) is 0.576. The van der Waals surface area contributed by atoms with Gasteiger partial charge in [0.1, 0.15) is 11.6 Å². The molecule has 1 aliphatic rings. The first kappa shape index (κ1) is 18.2. The highest BCUT2D eigenvalue weighted by Crippen LogP contribution is 2.44. The summed E-state index contributed by atoms with van der Waals surface area (Å²) in [5, 5.41) is 14.0. The first-order valence-electron chi connectivity index (χ1n) is 8.25. The van der Waals surface area contributed by atoms with Gasteiger partial charge in [-0.05, 0) is 31.8 Å². The largest absolute Gasteiger partial charge is 0.508 e. The lowest BCUT2D eigenvalue weighted by Crippen LogP contribution is -2.22. The normalized spacial score (nSPS) is 12.0. The maximum absolute atomic E-state index is 13.0. The third-order valence-electron chi connectivity index (χ3n) is 4.49. The second-order valence-corrected chi connectivity index (χ2v) is 6.52. The summed E-state index contributed by atoms with van der Waals surface area (Å²) in [6, 6.07) is 12.7. The number of aromatic hydroxyl groups is 1. The number of carbonyl (C=O) groups excluding carboxylic acids is 1. The lowest BCUT2D eigenvalue weighted by molar-refractivity contribution is 0.104. The average Bonchev–Trinajstić information content (AvgIpc) is 2.88. The fourth-order valence-corrected chi connectivity index (χ4v) is 3.31. The highest BCUT2D eigenvalue weighted by Gasteiger charge is 2.31. The van der Waals surface area contributed by atoms with Crippen LogP contribution in [0, 0.1) is 0 Å². The summed E-state index contributed by atoms with van der Waals surface area (Å²) in [4.78, 5) is 19.7. The monoisotopic (exact) mass is 369 g/mol. The van der Waals surface area contributed by atoms with Crippen molar-refractivity contribution in [1.82, 2.24) is 9.88 Å². The van der Waals surface area contributed by atoms with Crippen molar-refractivity contribution in [2.45, 2.75) is 0 Å². The van der Waals surface area contributed by atoms with Crippen molar-refractivity contribution in [3.8, 4) is 16.9 Å². The zero-order valence-electron chi connectivity index (χ0n) is 14.6. The van der Waals surface area contributed by atoms with Crippen LogP contribution in [0.3, 0.4) is 0 Å². The number of carbonyl (C=O) groups is 1. The zero-order chi connectivity index (χ0) is 17.6. The molecule has 0 saturated heterocycles. The summed E-state index contributed by atoms with van der Waals surface area (Å²) < 4.78 is 0. The van der Waals surface area contributed by atoms with Gasteiger partial charge in [0.05, 0.1) is 11.1 Å². The van der Waals surface area contributed by atoms with Crippen LogP contribution in [0.15, 0.2) is 42.5 Å². The van der Waals surface area contributed by atoms with Crippen LogP contribution < -0.4 is 5.32 Å². The summed E-state index contributed by atoms with van der Waals surface area (Å²) in [6.07, 6.45) is 0. The molecule has 0 radical (unpaired) electrons. The highest BCUT2D eigenvalue weighted by molar-refractivity contribution is 6.28. The van der Waals surface area contributed by atoms with Crippen molar-refractivity contribution in [2.24, 2.45) is 0 Å². The van der Waals surface area contributed by atoms with Gasteiger partial charge in [0.2, 0.25) is 0 Å². The molecule has 0 spiro atoms. The van der Waals surface area contributed by atoms with Gasteiger partial charge in [-0.2, -0.15) is 0 Å². The molecule has 2 N–H and O–H groups in total. The van der Waals surface area contributed by atoms with Gasteiger partial charge in [0, 0.05) is 35.7 Å². The van der Waals surface area contributed by atoms with E-state index in [9.17, 15) is 9.90 Å². The Balaban J connectivity index is 0.00000196. The van der Waals surface area contributed by atoms with Crippen LogP contribution in [0.2, 0.25) is 0 Å². The smallest absolute Gasteiger partial charge is 0.198 e. The molecule has 2 aromatic carbocycles. The molecule has 6 heteroatoms. The van der Waals surface area contributed by atoms with Crippen LogP contribution in [-0.2, 0) is 0 Å². The second kappa shape index (κ2) is 6.94. The molecule has 0 amide bonds. The van der Waals surface area contributed by atoms with Crippen molar-refractivity contribution < 1.29 is 9.90 Å². The summed E-state index contributed by atoms with van der Waals surface area (Å²) >= 11 is 0. The molecular weight excluding hydrogens is 350 g/mol. The molecule has 1 aliphatic carbocycles. The number of ketones is 1. The second-order valence-electron chi connectivity index (χ2n) is 6.52. The molecule has 0 saturated carbocycles. The topological polar surface area (TPSA) is 65.5 Å². The predicted octanol–water partition coefficient (Wildman–Crippen LogP) is 3.55. The van der Waals surface area contributed by atoms with Crippen molar-refractivity contribution in [2.75, 3.05) is 32.5 Å². The molecule has 134 valence electrons. The number of phenols is 1. The van der Waals surface area contributed by atoms with E-state index < -0.39 is 0 Å². The Bertz CT molecular complexity index is 1000. The van der Waals surface area contributed by atoms with E-state index in [1.165, 1.54) is 0 Å². The number of hydrogen-bond donors (Lipinski definition) is 2. The summed E-state index contributed by atoms with van der Waals surface area (Å²) in [6.45, 7) is 1.51. The molecule has 1 heterocycles. The van der Waals surface area contributed by atoms with E-state index in [0.29, 0.717) is 29.0 Å². The predicted molar refractivity (Wildman–Crippen MR) is 107 cm³/mol. The van der Waals surface area contributed by atoms with Crippen molar-refractivity contribution in [3.05, 3.63) is 53.6 Å². The van der Waals surface area contributed by atoms with Crippen LogP contribution in [0.1, 0.15) is 15.9 Å². The maximum atomic E-state index is 13.0. The zero-order valence-corrected chi connectivity index (χ0v) is 15.4. The molecule has 0 fully saturated rings. The fraction of sp³-hybridized carbons (Fsp3) is 0.200. The standard InChI is InChI=1S/C20H19N3O2.ClH/c1-23(2)10-9-21-20-18-17(13-5-3-4-6-14(13)19(18)25)15-8-7-12(24)11-16(15)22-20;/h3-8,11,24H,9-10H2,1-2H3,(H,21,22);1H. The average molecular weight is 370 g/mol. The molecule has 3 aromatic rings. The molecular formula is C20H20ClN3O2. The number of nitrogens with one attached hydrogen (secondary N) is 1. The number of rotatable bonds is 4. The Kier molecular flexibility index (Phi) is 4.85. The lowest BCUT2D eigenvalue weighted by Gasteiger charge is -2.15. The van der Waals surface area contributed by atoms with E-state index in [4.69, 9.17) is 0 Å². The molecule has 0 aliphatic heterocycles. The van der Waals surface area contributed by atoms with E-state index in [-0.39, 0.29) is 23.9 Å². The Morgan fingerprint density at radius 2 is 1.81 bits per heavy atom. The van der Waals surface area contributed by atoms with Gasteiger partial charge in [-0.15, -0.1) is 12.4 Å². The first-order valence-corrected chi connectivity index (χ1v) is 8.25. The summed E-state index contributed by atoms with van der Waals surface area (Å²) in [5.41, 5.74) is 3.83. The number of benzene rings is 2. The Morgan fingerprint density at radius 1 is 1.08 bits per heavy atom. The minimum absolute atomic E-state index is 0. The molecule has 0 atom stereocenters. The van der Waals surface area contributed by atoms with Crippen molar-refractivity contribution in [1.29, 1.82) is 0 Å². The van der Waals surface area contributed by atoms with Crippen LogP contribution in [-0.4, -0.2) is 48.0 Å². The van der Waals surface area contributed by atoms with Crippen molar-refractivity contribution >= 4 is 34.9 Å². The Morgan fingerprint density at radius 3 is 2.54 bits per heavy atom. The van der Waals surface area contributed by atoms with Gasteiger partial charge < -0.3 is 15.3 Å². The molecule has 26 heavy (non-hydrogen) atoms. The molecule has 5 nitrogen and oxygen atoms in total. The number of nitrogens with zero attached hydrogens (tertiary/aromatic N) is 2. The maximum Gasteiger partial charge on any atom is 0.198 e. The number of anilines is 1. The minimum Gasteiger partial charge on any atom is -0.508 e. The van der Waals surface area contributed by atoms with E-state index in [0.717, 1.165) is 23.1 Å². The van der Waals surface area contributed by atoms with Gasteiger partial charge in [-0.3, -0.25) is 4.79 Å². The van der Waals surface area contributed by atoms with E-state index in [1.807, 2.05) is 44.4 Å². The van der Waals surface area contributed by atoms with Gasteiger partial charge in [0.15, 0.2) is 5.78 Å². The van der Waals surface area contributed by atoms with E-state index >= 15 is 0 Å². The Labute approximate surface area is 158 Å². The van der Waals surface area contributed by atoms with E-state index in [1.54, 1.807) is 12.1 Å². The van der Waals surface area contributed by atoms with Crippen LogP contribution >= 0.6 is 12.4 Å². The number of halogens is 1. The lowest BCUT2D eigenvalue weighted by atomic mass is 10.0. The third kappa shape index (κ3) is 2.89. The third-order valence-corrected chi connectivity index (χ3v) is 4.49. The van der Waals surface area contributed by atoms with Crippen LogP contribution in [0.4, 0.5) is 5.82 Å². The van der Waals surface area contributed by atoms with Gasteiger partial charge >= 0.3 is 0 Å². The number of pyridine rings is 1.